The van der Waals surface area contributed by atoms with E-state index in [1.54, 1.807) is 12.0 Å². The average Bonchev–Trinajstić information content (AvgIpc) is 3.10. The summed E-state index contributed by atoms with van der Waals surface area (Å²) < 4.78 is 11.4. The predicted molar refractivity (Wildman–Crippen MR) is 150 cm³/mol. The first-order valence-corrected chi connectivity index (χ1v) is 13.4. The number of nitrogens with one attached hydrogen (secondary N) is 1. The molecule has 1 N–H and O–H groups in total. The summed E-state index contributed by atoms with van der Waals surface area (Å²) in [5.74, 6) is 1.53. The van der Waals surface area contributed by atoms with Gasteiger partial charge < -0.3 is 14.8 Å². The molecule has 3 aromatic rings. The van der Waals surface area contributed by atoms with Gasteiger partial charge in [-0.2, -0.15) is 0 Å². The van der Waals surface area contributed by atoms with Crippen molar-refractivity contribution < 1.29 is 19.1 Å². The number of methoxy groups -OCH3 is 1. The second kappa shape index (κ2) is 11.1. The lowest BCUT2D eigenvalue weighted by Crippen LogP contribution is -2.38. The Morgan fingerprint density at radius 3 is 2.45 bits per heavy atom. The summed E-state index contributed by atoms with van der Waals surface area (Å²) in [6.07, 6.45) is 2.23. The Labute approximate surface area is 224 Å². The van der Waals surface area contributed by atoms with Gasteiger partial charge in [0.1, 0.15) is 11.5 Å². The highest BCUT2D eigenvalue weighted by Crippen LogP contribution is 2.48. The molecule has 38 heavy (non-hydrogen) atoms. The molecule has 2 atom stereocenters. The Morgan fingerprint density at radius 2 is 1.71 bits per heavy atom. The summed E-state index contributed by atoms with van der Waals surface area (Å²) in [7, 11) is 1.63. The van der Waals surface area contributed by atoms with Crippen molar-refractivity contribution in [2.24, 2.45) is 0 Å². The SMILES string of the molecule is CCCOc1ccccc1[C@H]1CC(=O)C2=C(C1)Nc1ccccc1N(C(=O)CC)[C@H]2c1ccc(OC)cc1. The molecule has 0 saturated carbocycles. The molecule has 3 aromatic carbocycles. The summed E-state index contributed by atoms with van der Waals surface area (Å²) in [6, 6.07) is 22.9. The van der Waals surface area contributed by atoms with Crippen LogP contribution in [0.1, 0.15) is 62.6 Å². The molecule has 0 radical (unpaired) electrons. The zero-order chi connectivity index (χ0) is 26.6. The van der Waals surface area contributed by atoms with Crippen molar-refractivity contribution in [1.29, 1.82) is 0 Å². The van der Waals surface area contributed by atoms with E-state index < -0.39 is 6.04 Å². The monoisotopic (exact) mass is 510 g/mol. The maximum Gasteiger partial charge on any atom is 0.227 e. The van der Waals surface area contributed by atoms with Crippen LogP contribution in [0.15, 0.2) is 84.1 Å². The summed E-state index contributed by atoms with van der Waals surface area (Å²) in [5.41, 5.74) is 5.01. The van der Waals surface area contributed by atoms with Crippen LogP contribution in [0.25, 0.3) is 0 Å². The minimum atomic E-state index is -0.542. The molecule has 1 heterocycles. The predicted octanol–water partition coefficient (Wildman–Crippen LogP) is 6.79. The van der Waals surface area contributed by atoms with Gasteiger partial charge in [0.2, 0.25) is 5.91 Å². The fourth-order valence-corrected chi connectivity index (χ4v) is 5.52. The van der Waals surface area contributed by atoms with Crippen molar-refractivity contribution in [2.45, 2.75) is 51.5 Å². The number of para-hydroxylation sites is 3. The van der Waals surface area contributed by atoms with Gasteiger partial charge in [-0.15, -0.1) is 0 Å². The number of carbonyl (C=O) groups is 2. The number of nitrogens with zero attached hydrogens (tertiary/aromatic N) is 1. The third kappa shape index (κ3) is 4.78. The summed E-state index contributed by atoms with van der Waals surface area (Å²) >= 11 is 0. The molecule has 0 aromatic heterocycles. The molecule has 6 heteroatoms. The molecule has 1 amide bonds. The van der Waals surface area contributed by atoms with E-state index in [4.69, 9.17) is 9.47 Å². The molecule has 1 aliphatic carbocycles. The fourth-order valence-electron chi connectivity index (χ4n) is 5.52. The van der Waals surface area contributed by atoms with E-state index in [-0.39, 0.29) is 17.6 Å². The molecule has 6 nitrogen and oxygen atoms in total. The second-order valence-corrected chi connectivity index (χ2v) is 9.74. The first kappa shape index (κ1) is 25.6. The number of ketones is 1. The van der Waals surface area contributed by atoms with Crippen LogP contribution in [0.5, 0.6) is 11.5 Å². The van der Waals surface area contributed by atoms with E-state index >= 15 is 0 Å². The standard InChI is InChI=1S/C32H34N2O4/c1-4-18-38-29-13-9-6-10-24(29)22-19-26-31(28(35)20-22)32(21-14-16-23(37-3)17-15-21)34(30(36)5-2)27-12-8-7-11-25(27)33-26/h6-17,22,32-33H,4-5,18-20H2,1-3H3/t22-,32+/m1/s1. The zero-order valence-corrected chi connectivity index (χ0v) is 22.2. The molecule has 0 unspecified atom stereocenters. The van der Waals surface area contributed by atoms with Gasteiger partial charge in [0.15, 0.2) is 5.78 Å². The highest BCUT2D eigenvalue weighted by Gasteiger charge is 2.41. The van der Waals surface area contributed by atoms with Gasteiger partial charge in [-0.25, -0.2) is 0 Å². The highest BCUT2D eigenvalue weighted by molar-refractivity contribution is 6.06. The van der Waals surface area contributed by atoms with E-state index in [2.05, 4.69) is 18.3 Å². The van der Waals surface area contributed by atoms with Crippen LogP contribution in [-0.4, -0.2) is 25.4 Å². The minimum absolute atomic E-state index is 0.0288. The topological polar surface area (TPSA) is 67.9 Å². The zero-order valence-electron chi connectivity index (χ0n) is 22.2. The van der Waals surface area contributed by atoms with Crippen molar-refractivity contribution in [1.82, 2.24) is 0 Å². The van der Waals surface area contributed by atoms with E-state index in [1.807, 2.05) is 73.7 Å². The lowest BCUT2D eigenvalue weighted by Gasteiger charge is -2.35. The Morgan fingerprint density at radius 1 is 0.974 bits per heavy atom. The lowest BCUT2D eigenvalue weighted by molar-refractivity contribution is -0.119. The van der Waals surface area contributed by atoms with Crippen molar-refractivity contribution in [2.75, 3.05) is 23.9 Å². The number of amides is 1. The maximum atomic E-state index is 14.1. The van der Waals surface area contributed by atoms with Crippen LogP contribution in [0.2, 0.25) is 0 Å². The number of anilines is 2. The number of allylic oxidation sites excluding steroid dienone is 1. The van der Waals surface area contributed by atoms with E-state index in [9.17, 15) is 9.59 Å². The van der Waals surface area contributed by atoms with Crippen molar-refractivity contribution >= 4 is 23.1 Å². The van der Waals surface area contributed by atoms with Gasteiger partial charge in [-0.1, -0.05) is 56.3 Å². The molecule has 5 rings (SSSR count). The van der Waals surface area contributed by atoms with Crippen LogP contribution in [0.4, 0.5) is 11.4 Å². The molecule has 0 bridgehead atoms. The Kier molecular flexibility index (Phi) is 7.50. The molecule has 1 aliphatic heterocycles. The van der Waals surface area contributed by atoms with Crippen LogP contribution in [0.3, 0.4) is 0 Å². The van der Waals surface area contributed by atoms with Crippen molar-refractivity contribution in [3.05, 3.63) is 95.2 Å². The number of benzene rings is 3. The second-order valence-electron chi connectivity index (χ2n) is 9.74. The fraction of sp³-hybridized carbons (Fsp3) is 0.312. The third-order valence-corrected chi connectivity index (χ3v) is 7.31. The van der Waals surface area contributed by atoms with Gasteiger partial charge in [-0.3, -0.25) is 14.5 Å². The number of hydrogen-bond donors (Lipinski definition) is 1. The number of Topliss-reactive ketones (excluding diaryl/α,β-unsaturated/α-hetero) is 1. The number of rotatable bonds is 7. The molecule has 0 saturated heterocycles. The Bertz CT molecular complexity index is 1360. The summed E-state index contributed by atoms with van der Waals surface area (Å²) in [6.45, 7) is 4.57. The van der Waals surface area contributed by atoms with Gasteiger partial charge in [0.25, 0.3) is 0 Å². The smallest absolute Gasteiger partial charge is 0.227 e. The quantitative estimate of drug-likeness (QED) is 0.379. The Balaban J connectivity index is 1.66. The first-order chi connectivity index (χ1) is 18.5. The van der Waals surface area contributed by atoms with E-state index in [1.165, 1.54) is 0 Å². The third-order valence-electron chi connectivity index (χ3n) is 7.31. The molecular formula is C32H34N2O4. The number of carbonyl (C=O) groups excluding carboxylic acids is 2. The summed E-state index contributed by atoms with van der Waals surface area (Å²) in [4.78, 5) is 29.4. The van der Waals surface area contributed by atoms with E-state index in [0.717, 1.165) is 46.1 Å². The highest BCUT2D eigenvalue weighted by atomic mass is 16.5. The summed E-state index contributed by atoms with van der Waals surface area (Å²) in [5, 5.41) is 3.58. The first-order valence-electron chi connectivity index (χ1n) is 13.4. The van der Waals surface area contributed by atoms with Gasteiger partial charge >= 0.3 is 0 Å². The van der Waals surface area contributed by atoms with Gasteiger partial charge in [0, 0.05) is 30.0 Å². The number of hydrogen-bond acceptors (Lipinski definition) is 5. The molecule has 0 spiro atoms. The molecule has 196 valence electrons. The number of ether oxygens (including phenoxy) is 2. The minimum Gasteiger partial charge on any atom is -0.497 e. The lowest BCUT2D eigenvalue weighted by atomic mass is 9.78. The van der Waals surface area contributed by atoms with Crippen molar-refractivity contribution in [3.8, 4) is 11.5 Å². The molecular weight excluding hydrogens is 476 g/mol. The number of fused-ring (bicyclic) bond motifs is 1. The normalized spacial score (nSPS) is 18.7. The van der Waals surface area contributed by atoms with Crippen molar-refractivity contribution in [3.63, 3.8) is 0 Å². The van der Waals surface area contributed by atoms with Crippen LogP contribution >= 0.6 is 0 Å². The van der Waals surface area contributed by atoms with Crippen LogP contribution in [-0.2, 0) is 9.59 Å². The molecule has 0 fully saturated rings. The maximum absolute atomic E-state index is 14.1. The largest absolute Gasteiger partial charge is 0.497 e. The van der Waals surface area contributed by atoms with Gasteiger partial charge in [-0.05, 0) is 54.3 Å². The van der Waals surface area contributed by atoms with Gasteiger partial charge in [0.05, 0.1) is 31.1 Å². The van der Waals surface area contributed by atoms with E-state index in [0.29, 0.717) is 31.4 Å². The Hall–Kier alpha value is -4.06. The van der Waals surface area contributed by atoms with Crippen LogP contribution in [0, 0.1) is 0 Å². The van der Waals surface area contributed by atoms with Crippen LogP contribution < -0.4 is 19.7 Å². The average molecular weight is 511 g/mol. The molecule has 2 aliphatic rings.